The van der Waals surface area contributed by atoms with Crippen LogP contribution in [0.25, 0.3) is 0 Å². The molecule has 0 aliphatic carbocycles. The van der Waals surface area contributed by atoms with Crippen LogP contribution in [-0.2, 0) is 6.54 Å². The Morgan fingerprint density at radius 3 is 2.57 bits per heavy atom. The Labute approximate surface area is 124 Å². The Bertz CT molecular complexity index is 627. The quantitative estimate of drug-likeness (QED) is 0.935. The molecule has 110 valence electrons. The molecule has 1 N–H and O–H groups in total. The van der Waals surface area contributed by atoms with Crippen molar-refractivity contribution in [1.29, 1.82) is 0 Å². The zero-order valence-electron chi connectivity index (χ0n) is 12.2. The molecule has 0 atom stereocenters. The predicted octanol–water partition coefficient (Wildman–Crippen LogP) is 2.13. The first kappa shape index (κ1) is 13.9. The summed E-state index contributed by atoms with van der Waals surface area (Å²) in [7, 11) is 0. The Hall–Kier alpha value is -2.07. The molecule has 3 rings (SSSR count). The highest BCUT2D eigenvalue weighted by Crippen LogP contribution is 2.26. The van der Waals surface area contributed by atoms with Gasteiger partial charge in [-0.25, -0.2) is 0 Å². The molecule has 4 heteroatoms. The second kappa shape index (κ2) is 5.37. The number of aliphatic hydroxyl groups is 1. The van der Waals surface area contributed by atoms with E-state index in [1.807, 2.05) is 60.2 Å². The van der Waals surface area contributed by atoms with Crippen LogP contribution >= 0.6 is 0 Å². The number of carbonyl (C=O) groups excluding carboxylic acids is 1. The molecule has 1 aliphatic rings. The normalized spacial score (nSPS) is 16.6. The number of carbonyl (C=O) groups is 1. The number of nitrogens with zero attached hydrogens (tertiary/aromatic N) is 2. The van der Waals surface area contributed by atoms with Crippen LogP contribution in [0.4, 0.5) is 0 Å². The van der Waals surface area contributed by atoms with Crippen LogP contribution in [0, 0.1) is 0 Å². The van der Waals surface area contributed by atoms with Crippen LogP contribution in [0.3, 0.4) is 0 Å². The Morgan fingerprint density at radius 2 is 1.90 bits per heavy atom. The van der Waals surface area contributed by atoms with E-state index in [9.17, 15) is 9.90 Å². The third-order valence-corrected chi connectivity index (χ3v) is 4.16. The topological polar surface area (TPSA) is 45.5 Å². The Kier molecular flexibility index (Phi) is 3.55. The van der Waals surface area contributed by atoms with E-state index in [2.05, 4.69) is 0 Å². The van der Waals surface area contributed by atoms with Gasteiger partial charge in [0.15, 0.2) is 0 Å². The number of β-amino-alcohol motifs (C(OH)–C–C–N with tert-alkyl or cyclic N) is 1. The fourth-order valence-corrected chi connectivity index (χ4v) is 2.72. The minimum absolute atomic E-state index is 0.00550. The zero-order valence-corrected chi connectivity index (χ0v) is 12.2. The summed E-state index contributed by atoms with van der Waals surface area (Å²) in [6, 6.07) is 13.8. The monoisotopic (exact) mass is 284 g/mol. The molecular weight excluding hydrogens is 264 g/mol. The van der Waals surface area contributed by atoms with E-state index in [1.54, 1.807) is 4.90 Å². The molecule has 1 saturated heterocycles. The van der Waals surface area contributed by atoms with Crippen molar-refractivity contribution in [1.82, 2.24) is 9.47 Å². The highest BCUT2D eigenvalue weighted by Gasteiger charge is 2.42. The summed E-state index contributed by atoms with van der Waals surface area (Å²) < 4.78 is 1.96. The van der Waals surface area contributed by atoms with Crippen LogP contribution < -0.4 is 0 Å². The van der Waals surface area contributed by atoms with Gasteiger partial charge >= 0.3 is 0 Å². The van der Waals surface area contributed by atoms with Crippen LogP contribution in [-0.4, -0.2) is 39.2 Å². The molecule has 1 aliphatic heterocycles. The van der Waals surface area contributed by atoms with Crippen molar-refractivity contribution in [3.8, 4) is 0 Å². The third kappa shape index (κ3) is 2.72. The summed E-state index contributed by atoms with van der Waals surface area (Å²) in [5.74, 6) is -0.00550. The summed E-state index contributed by atoms with van der Waals surface area (Å²) in [6.45, 7) is 3.48. The van der Waals surface area contributed by atoms with Gasteiger partial charge in [-0.2, -0.15) is 0 Å². The fourth-order valence-electron chi connectivity index (χ4n) is 2.72. The first-order valence-electron chi connectivity index (χ1n) is 7.32. The number of benzene rings is 1. The van der Waals surface area contributed by atoms with Gasteiger partial charge in [0.2, 0.25) is 0 Å². The van der Waals surface area contributed by atoms with Gasteiger partial charge in [-0.1, -0.05) is 37.3 Å². The molecule has 0 bridgehead atoms. The average Bonchev–Trinajstić information content (AvgIpc) is 2.92. The van der Waals surface area contributed by atoms with Crippen molar-refractivity contribution in [3.63, 3.8) is 0 Å². The van der Waals surface area contributed by atoms with Crippen LogP contribution in [0.5, 0.6) is 0 Å². The fraction of sp³-hybridized carbons (Fsp3) is 0.353. The molecule has 1 amide bonds. The Balaban J connectivity index is 1.73. The van der Waals surface area contributed by atoms with Crippen LogP contribution in [0.15, 0.2) is 48.7 Å². The number of rotatable bonds is 4. The second-order valence-electron chi connectivity index (χ2n) is 5.75. The molecule has 21 heavy (non-hydrogen) atoms. The van der Waals surface area contributed by atoms with Gasteiger partial charge in [0.1, 0.15) is 5.69 Å². The first-order valence-corrected chi connectivity index (χ1v) is 7.32. The number of hydrogen-bond acceptors (Lipinski definition) is 2. The van der Waals surface area contributed by atoms with E-state index in [0.29, 0.717) is 31.7 Å². The smallest absolute Gasteiger partial charge is 0.270 e. The van der Waals surface area contributed by atoms with E-state index in [0.717, 1.165) is 5.56 Å². The molecule has 1 aromatic carbocycles. The van der Waals surface area contributed by atoms with Crippen molar-refractivity contribution in [3.05, 3.63) is 59.9 Å². The lowest BCUT2D eigenvalue weighted by molar-refractivity contribution is -0.0829. The zero-order chi connectivity index (χ0) is 14.9. The van der Waals surface area contributed by atoms with Crippen LogP contribution in [0.1, 0.15) is 29.4 Å². The van der Waals surface area contributed by atoms with E-state index < -0.39 is 5.60 Å². The maximum absolute atomic E-state index is 12.5. The van der Waals surface area contributed by atoms with Gasteiger partial charge < -0.3 is 14.6 Å². The van der Waals surface area contributed by atoms with Crippen molar-refractivity contribution in [2.75, 3.05) is 13.1 Å². The molecule has 1 aromatic heterocycles. The summed E-state index contributed by atoms with van der Waals surface area (Å²) in [5.41, 5.74) is 1.15. The van der Waals surface area contributed by atoms with Gasteiger partial charge in [0.05, 0.1) is 18.7 Å². The summed E-state index contributed by atoms with van der Waals surface area (Å²) in [5, 5.41) is 10.0. The van der Waals surface area contributed by atoms with Crippen molar-refractivity contribution in [2.45, 2.75) is 25.5 Å². The number of hydrogen-bond donors (Lipinski definition) is 1. The molecular formula is C17H20N2O2. The molecule has 2 aromatic rings. The largest absolute Gasteiger partial charge is 0.386 e. The van der Waals surface area contributed by atoms with Crippen molar-refractivity contribution >= 4 is 5.91 Å². The molecule has 1 fully saturated rings. The number of likely N-dealkylation sites (tertiary alicyclic amines) is 1. The average molecular weight is 284 g/mol. The first-order chi connectivity index (χ1) is 10.1. The van der Waals surface area contributed by atoms with E-state index >= 15 is 0 Å². The Morgan fingerprint density at radius 1 is 1.19 bits per heavy atom. The lowest BCUT2D eigenvalue weighted by Crippen LogP contribution is -2.63. The minimum Gasteiger partial charge on any atom is -0.386 e. The number of aromatic nitrogens is 1. The van der Waals surface area contributed by atoms with E-state index in [-0.39, 0.29) is 5.91 Å². The number of amides is 1. The molecule has 0 radical (unpaired) electrons. The van der Waals surface area contributed by atoms with Gasteiger partial charge in [-0.05, 0) is 24.1 Å². The summed E-state index contributed by atoms with van der Waals surface area (Å²) in [6.07, 6.45) is 2.61. The summed E-state index contributed by atoms with van der Waals surface area (Å²) >= 11 is 0. The van der Waals surface area contributed by atoms with E-state index in [1.165, 1.54) is 0 Å². The van der Waals surface area contributed by atoms with E-state index in [4.69, 9.17) is 0 Å². The standard InChI is InChI=1S/C17H20N2O2/c1-2-17(21)12-19(13-17)16(20)15-9-6-10-18(15)11-14-7-4-3-5-8-14/h3-10,21H,2,11-13H2,1H3. The second-order valence-corrected chi connectivity index (χ2v) is 5.75. The molecule has 4 nitrogen and oxygen atoms in total. The van der Waals surface area contributed by atoms with Crippen molar-refractivity contribution < 1.29 is 9.90 Å². The molecule has 2 heterocycles. The highest BCUT2D eigenvalue weighted by molar-refractivity contribution is 5.93. The molecule has 0 spiro atoms. The van der Waals surface area contributed by atoms with Crippen molar-refractivity contribution in [2.24, 2.45) is 0 Å². The maximum Gasteiger partial charge on any atom is 0.270 e. The molecule has 0 saturated carbocycles. The lowest BCUT2D eigenvalue weighted by Gasteiger charge is -2.46. The predicted molar refractivity (Wildman–Crippen MR) is 81.1 cm³/mol. The van der Waals surface area contributed by atoms with Crippen LogP contribution in [0.2, 0.25) is 0 Å². The third-order valence-electron chi connectivity index (χ3n) is 4.16. The maximum atomic E-state index is 12.5. The van der Waals surface area contributed by atoms with Gasteiger partial charge in [0, 0.05) is 12.7 Å². The summed E-state index contributed by atoms with van der Waals surface area (Å²) in [4.78, 5) is 14.2. The SMILES string of the molecule is CCC1(O)CN(C(=O)c2cccn2Cc2ccccc2)C1. The van der Waals surface area contributed by atoms with Gasteiger partial charge in [-0.3, -0.25) is 4.79 Å². The lowest BCUT2D eigenvalue weighted by atomic mass is 9.91. The minimum atomic E-state index is -0.688. The van der Waals surface area contributed by atoms with Gasteiger partial charge in [-0.15, -0.1) is 0 Å². The van der Waals surface area contributed by atoms with Gasteiger partial charge in [0.25, 0.3) is 5.91 Å². The highest BCUT2D eigenvalue weighted by atomic mass is 16.3. The molecule has 0 unspecified atom stereocenters.